The van der Waals surface area contributed by atoms with Crippen LogP contribution in [0.4, 0.5) is 5.00 Å². The molecule has 2 heterocycles. The molecule has 6 nitrogen and oxygen atoms in total. The number of nitrogens with one attached hydrogen (secondary N) is 1. The third-order valence-corrected chi connectivity index (χ3v) is 3.45. The fourth-order valence-corrected chi connectivity index (χ4v) is 2.41. The van der Waals surface area contributed by atoms with E-state index in [-0.39, 0.29) is 12.6 Å². The Morgan fingerprint density at radius 3 is 3.27 bits per heavy atom. The van der Waals surface area contributed by atoms with Crippen molar-refractivity contribution < 1.29 is 5.11 Å². The number of aliphatic hydroxyl groups excluding tert-OH is 1. The van der Waals surface area contributed by atoms with Gasteiger partial charge >= 0.3 is 0 Å². The molecule has 0 aromatic carbocycles. The van der Waals surface area contributed by atoms with Crippen molar-refractivity contribution in [3.63, 3.8) is 0 Å². The summed E-state index contributed by atoms with van der Waals surface area (Å²) >= 11 is 1.26. The zero-order valence-corrected chi connectivity index (χ0v) is 9.20. The first kappa shape index (κ1) is 10.7. The van der Waals surface area contributed by atoms with Crippen molar-refractivity contribution in [1.29, 1.82) is 0 Å². The van der Waals surface area contributed by atoms with Crippen LogP contribution in [0.2, 0.25) is 0 Å². The van der Waals surface area contributed by atoms with Gasteiger partial charge < -0.3 is 10.5 Å². The highest BCUT2D eigenvalue weighted by molar-refractivity contribution is 7.10. The minimum Gasteiger partial charge on any atom is -0.395 e. The molecule has 7 heteroatoms. The van der Waals surface area contributed by atoms with Crippen LogP contribution >= 0.6 is 11.5 Å². The summed E-state index contributed by atoms with van der Waals surface area (Å²) in [6.45, 7) is 1.93. The molecular formula is C8H15N5OS. The number of nitrogen functional groups attached to an aromatic ring is 1. The third kappa shape index (κ3) is 2.25. The number of hydrogen-bond acceptors (Lipinski definition) is 7. The van der Waals surface area contributed by atoms with E-state index in [0.717, 1.165) is 30.1 Å². The molecule has 0 saturated carbocycles. The van der Waals surface area contributed by atoms with Gasteiger partial charge in [-0.15, -0.1) is 5.10 Å². The Morgan fingerprint density at radius 2 is 2.53 bits per heavy atom. The molecule has 0 amide bonds. The topological polar surface area (TPSA) is 87.3 Å². The Kier molecular flexibility index (Phi) is 3.47. The summed E-state index contributed by atoms with van der Waals surface area (Å²) in [7, 11) is 0. The molecule has 0 bridgehead atoms. The lowest BCUT2D eigenvalue weighted by Gasteiger charge is -2.21. The molecule has 0 aliphatic carbocycles. The van der Waals surface area contributed by atoms with Crippen molar-refractivity contribution in [3.8, 4) is 0 Å². The molecule has 2 rings (SSSR count). The number of rotatable bonds is 4. The monoisotopic (exact) mass is 229 g/mol. The van der Waals surface area contributed by atoms with Gasteiger partial charge in [-0.3, -0.25) is 4.90 Å². The van der Waals surface area contributed by atoms with Crippen LogP contribution in [0.1, 0.15) is 18.5 Å². The van der Waals surface area contributed by atoms with Crippen molar-refractivity contribution in [3.05, 3.63) is 5.69 Å². The average Bonchev–Trinajstić information content (AvgIpc) is 2.87. The number of aliphatic hydroxyl groups is 1. The summed E-state index contributed by atoms with van der Waals surface area (Å²) in [6.07, 6.45) is 2.19. The first-order valence-corrected chi connectivity index (χ1v) is 5.75. The van der Waals surface area contributed by atoms with E-state index in [1.54, 1.807) is 0 Å². The highest BCUT2D eigenvalue weighted by Crippen LogP contribution is 2.23. The lowest BCUT2D eigenvalue weighted by Crippen LogP contribution is -2.32. The Bertz CT molecular complexity index is 318. The van der Waals surface area contributed by atoms with Crippen LogP contribution in [-0.2, 0) is 6.54 Å². The smallest absolute Gasteiger partial charge is 0.148 e. The van der Waals surface area contributed by atoms with Crippen LogP contribution in [-0.4, -0.2) is 38.8 Å². The second-order valence-corrected chi connectivity index (χ2v) is 4.40. The second-order valence-electron chi connectivity index (χ2n) is 3.64. The molecule has 1 atom stereocenters. The van der Waals surface area contributed by atoms with Gasteiger partial charge in [0.25, 0.3) is 0 Å². The van der Waals surface area contributed by atoms with Crippen molar-refractivity contribution >= 4 is 16.5 Å². The summed E-state index contributed by atoms with van der Waals surface area (Å²) in [5, 5.41) is 14.0. The molecule has 4 N–H and O–H groups in total. The van der Waals surface area contributed by atoms with Gasteiger partial charge in [-0.2, -0.15) is 0 Å². The number of nitrogens with two attached hydrogens (primary N) is 1. The van der Waals surface area contributed by atoms with Gasteiger partial charge in [0.2, 0.25) is 0 Å². The van der Waals surface area contributed by atoms with Gasteiger partial charge in [-0.25, -0.2) is 5.84 Å². The fourth-order valence-electron chi connectivity index (χ4n) is 1.92. The largest absolute Gasteiger partial charge is 0.395 e. The summed E-state index contributed by atoms with van der Waals surface area (Å²) in [5.41, 5.74) is 3.45. The zero-order valence-electron chi connectivity index (χ0n) is 8.39. The number of nitrogens with zero attached hydrogens (tertiary/aromatic N) is 3. The van der Waals surface area contributed by atoms with E-state index in [1.807, 2.05) is 0 Å². The van der Waals surface area contributed by atoms with Gasteiger partial charge in [0, 0.05) is 24.1 Å². The van der Waals surface area contributed by atoms with Gasteiger partial charge in [0.1, 0.15) is 10.7 Å². The number of anilines is 1. The Morgan fingerprint density at radius 1 is 1.67 bits per heavy atom. The molecule has 1 fully saturated rings. The molecule has 0 radical (unpaired) electrons. The predicted octanol–water partition coefficient (Wildman–Crippen LogP) is -0.220. The Hall–Kier alpha value is -0.760. The van der Waals surface area contributed by atoms with Crippen LogP contribution in [0.15, 0.2) is 0 Å². The second kappa shape index (κ2) is 4.84. The molecule has 0 spiro atoms. The maximum atomic E-state index is 9.18. The lowest BCUT2D eigenvalue weighted by atomic mass is 10.2. The van der Waals surface area contributed by atoms with E-state index < -0.39 is 0 Å². The number of hydrazine groups is 1. The van der Waals surface area contributed by atoms with Crippen LogP contribution in [0.5, 0.6) is 0 Å². The average molecular weight is 229 g/mol. The molecule has 1 aliphatic heterocycles. The summed E-state index contributed by atoms with van der Waals surface area (Å²) in [6, 6.07) is 0.261. The van der Waals surface area contributed by atoms with Gasteiger partial charge in [0.15, 0.2) is 0 Å². The van der Waals surface area contributed by atoms with E-state index >= 15 is 0 Å². The summed E-state index contributed by atoms with van der Waals surface area (Å²) in [4.78, 5) is 2.22. The number of likely N-dealkylation sites (tertiary alicyclic amines) is 1. The molecule has 84 valence electrons. The van der Waals surface area contributed by atoms with Crippen molar-refractivity contribution in [2.45, 2.75) is 25.4 Å². The molecular weight excluding hydrogens is 214 g/mol. The number of aromatic nitrogens is 2. The minimum atomic E-state index is 0.211. The van der Waals surface area contributed by atoms with Gasteiger partial charge in [-0.1, -0.05) is 4.49 Å². The van der Waals surface area contributed by atoms with Crippen LogP contribution < -0.4 is 11.3 Å². The molecule has 1 aromatic rings. The fraction of sp³-hybridized carbons (Fsp3) is 0.750. The Balaban J connectivity index is 2.01. The standard InChI is InChI=1S/C8H15N5OS/c9-10-8-7(11-12-15-8)4-13-3-1-2-6(13)5-14/h6,10,14H,1-5,9H2. The maximum absolute atomic E-state index is 9.18. The van der Waals surface area contributed by atoms with Crippen LogP contribution in [0.3, 0.4) is 0 Å². The normalized spacial score (nSPS) is 22.1. The summed E-state index contributed by atoms with van der Waals surface area (Å²) < 4.78 is 3.85. The van der Waals surface area contributed by atoms with Crippen molar-refractivity contribution in [2.24, 2.45) is 5.84 Å². The van der Waals surface area contributed by atoms with E-state index in [1.165, 1.54) is 11.5 Å². The quantitative estimate of drug-likeness (QED) is 0.489. The van der Waals surface area contributed by atoms with Gasteiger partial charge in [-0.05, 0) is 19.4 Å². The maximum Gasteiger partial charge on any atom is 0.148 e. The zero-order chi connectivity index (χ0) is 10.7. The minimum absolute atomic E-state index is 0.211. The first-order chi connectivity index (χ1) is 7.35. The summed E-state index contributed by atoms with van der Waals surface area (Å²) in [5.74, 6) is 5.35. The third-order valence-electron chi connectivity index (χ3n) is 2.75. The molecule has 1 aromatic heterocycles. The van der Waals surface area contributed by atoms with Gasteiger partial charge in [0.05, 0.1) is 6.61 Å². The van der Waals surface area contributed by atoms with Crippen LogP contribution in [0, 0.1) is 0 Å². The van der Waals surface area contributed by atoms with Crippen molar-refractivity contribution in [1.82, 2.24) is 14.5 Å². The predicted molar refractivity (Wildman–Crippen MR) is 58.2 cm³/mol. The SMILES string of the molecule is NNc1snnc1CN1CCCC1CO. The highest BCUT2D eigenvalue weighted by Gasteiger charge is 2.25. The van der Waals surface area contributed by atoms with E-state index in [2.05, 4.69) is 19.9 Å². The molecule has 1 saturated heterocycles. The van der Waals surface area contributed by atoms with E-state index in [9.17, 15) is 5.11 Å². The molecule has 1 unspecified atom stereocenters. The highest BCUT2D eigenvalue weighted by atomic mass is 32.1. The van der Waals surface area contributed by atoms with E-state index in [0.29, 0.717) is 6.54 Å². The van der Waals surface area contributed by atoms with Crippen LogP contribution in [0.25, 0.3) is 0 Å². The molecule has 15 heavy (non-hydrogen) atoms. The Labute approximate surface area is 92.2 Å². The number of hydrogen-bond donors (Lipinski definition) is 3. The molecule has 1 aliphatic rings. The lowest BCUT2D eigenvalue weighted by molar-refractivity contribution is 0.152. The first-order valence-electron chi connectivity index (χ1n) is 4.98. The van der Waals surface area contributed by atoms with Crippen molar-refractivity contribution in [2.75, 3.05) is 18.6 Å². The van der Waals surface area contributed by atoms with E-state index in [4.69, 9.17) is 5.84 Å².